The van der Waals surface area contributed by atoms with Crippen LogP contribution in [0.3, 0.4) is 0 Å². The Bertz CT molecular complexity index is 540. The zero-order valence-electron chi connectivity index (χ0n) is 15.6. The van der Waals surface area contributed by atoms with Gasteiger partial charge in [-0.05, 0) is 70.1 Å². The molecule has 0 radical (unpaired) electrons. The number of hydrogen-bond donors (Lipinski definition) is 1. The van der Waals surface area contributed by atoms with Crippen molar-refractivity contribution >= 4 is 5.97 Å². The highest BCUT2D eigenvalue weighted by Gasteiger charge is 2.71. The molecule has 0 heterocycles. The Balaban J connectivity index is 2.09. The fourth-order valence-electron chi connectivity index (χ4n) is 4.20. The smallest absolute Gasteiger partial charge is 0.426 e. The summed E-state index contributed by atoms with van der Waals surface area (Å²) >= 11 is 0. The minimum Gasteiger partial charge on any atom is -0.462 e. The highest BCUT2D eigenvalue weighted by atomic mass is 19.4. The molecule has 4 atom stereocenters. The third-order valence-corrected chi connectivity index (χ3v) is 6.31. The number of hydrogen-bond acceptors (Lipinski definition) is 3. The van der Waals surface area contributed by atoms with E-state index in [1.165, 1.54) is 0 Å². The number of fused-ring (bicyclic) bond motifs is 2. The average Bonchev–Trinajstić information content (AvgIpc) is 2.78. The molecule has 2 aliphatic rings. The first kappa shape index (κ1) is 22.3. The predicted octanol–water partition coefficient (Wildman–Crippen LogP) is 5.02. The van der Waals surface area contributed by atoms with E-state index in [1.54, 1.807) is 13.8 Å². The lowest BCUT2D eigenvalue weighted by Crippen LogP contribution is -2.58. The minimum atomic E-state index is -5.79. The Morgan fingerprint density at radius 1 is 1.00 bits per heavy atom. The number of rotatable bonds is 5. The number of ether oxygens (including phenoxy) is 1. The van der Waals surface area contributed by atoms with Crippen molar-refractivity contribution in [2.24, 2.45) is 23.2 Å². The van der Waals surface area contributed by atoms with Gasteiger partial charge < -0.3 is 9.84 Å². The molecule has 2 aliphatic carbocycles. The molecule has 4 unspecified atom stereocenters. The summed E-state index contributed by atoms with van der Waals surface area (Å²) in [5.41, 5.74) is -5.40. The monoisotopic (exact) mass is 404 g/mol. The number of carbonyl (C=O) groups is 1. The Morgan fingerprint density at radius 2 is 1.56 bits per heavy atom. The van der Waals surface area contributed by atoms with E-state index in [0.717, 1.165) is 0 Å². The predicted molar refractivity (Wildman–Crippen MR) is 84.6 cm³/mol. The SMILES string of the molecule is CCC(C)(C)C(=O)OC1CC2CC(C1)C(CC(O)(C(F)(F)F)C(F)(F)F)C2. The van der Waals surface area contributed by atoms with Crippen LogP contribution in [0.1, 0.15) is 59.3 Å². The maximum atomic E-state index is 13.0. The van der Waals surface area contributed by atoms with Crippen LogP contribution in [-0.2, 0) is 9.53 Å². The van der Waals surface area contributed by atoms with E-state index in [9.17, 15) is 36.2 Å². The molecule has 9 heteroatoms. The van der Waals surface area contributed by atoms with Gasteiger partial charge in [-0.1, -0.05) is 6.92 Å². The zero-order chi connectivity index (χ0) is 20.8. The van der Waals surface area contributed by atoms with Crippen LogP contribution in [-0.4, -0.2) is 35.1 Å². The quantitative estimate of drug-likeness (QED) is 0.517. The van der Waals surface area contributed by atoms with Crippen molar-refractivity contribution in [3.8, 4) is 0 Å². The summed E-state index contributed by atoms with van der Waals surface area (Å²) < 4.78 is 83.4. The van der Waals surface area contributed by atoms with Crippen LogP contribution in [0, 0.1) is 23.2 Å². The summed E-state index contributed by atoms with van der Waals surface area (Å²) in [6, 6.07) is 0. The standard InChI is InChI=1S/C18H26F6O3/c1-4-15(2,3)14(25)27-13-7-10-5-11(8-13)12(6-10)9-16(26,17(19,20)21)18(22,23)24/h10-13,26H,4-9H2,1-3H3. The second kappa shape index (κ2) is 7.12. The van der Waals surface area contributed by atoms with Crippen LogP contribution < -0.4 is 0 Å². The van der Waals surface area contributed by atoms with Crippen molar-refractivity contribution in [1.82, 2.24) is 0 Å². The van der Waals surface area contributed by atoms with Gasteiger partial charge in [-0.25, -0.2) is 0 Å². The molecule has 0 aromatic carbocycles. The fourth-order valence-corrected chi connectivity index (χ4v) is 4.20. The van der Waals surface area contributed by atoms with Crippen LogP contribution >= 0.6 is 0 Å². The number of aliphatic hydroxyl groups is 1. The van der Waals surface area contributed by atoms with E-state index in [4.69, 9.17) is 4.74 Å². The first-order chi connectivity index (χ1) is 12.1. The highest BCUT2D eigenvalue weighted by molar-refractivity contribution is 5.76. The van der Waals surface area contributed by atoms with Gasteiger partial charge in [0.25, 0.3) is 5.60 Å². The van der Waals surface area contributed by atoms with Crippen molar-refractivity contribution in [3.05, 3.63) is 0 Å². The Hall–Kier alpha value is -0.990. The van der Waals surface area contributed by atoms with Crippen molar-refractivity contribution in [3.63, 3.8) is 0 Å². The summed E-state index contributed by atoms with van der Waals surface area (Å²) in [6.07, 6.45) is -11.6. The maximum absolute atomic E-state index is 13.0. The van der Waals surface area contributed by atoms with E-state index in [1.807, 2.05) is 6.92 Å². The Labute approximate surface area is 154 Å². The molecular formula is C18H26F6O3. The van der Waals surface area contributed by atoms with Gasteiger partial charge in [0, 0.05) is 0 Å². The van der Waals surface area contributed by atoms with Crippen molar-refractivity contribution in [1.29, 1.82) is 0 Å². The van der Waals surface area contributed by atoms with E-state index >= 15 is 0 Å². The summed E-state index contributed by atoms with van der Waals surface area (Å²) in [6.45, 7) is 5.28. The largest absolute Gasteiger partial charge is 0.462 e. The van der Waals surface area contributed by atoms with E-state index in [-0.39, 0.29) is 18.8 Å². The van der Waals surface area contributed by atoms with E-state index in [2.05, 4.69) is 0 Å². The summed E-state index contributed by atoms with van der Waals surface area (Å²) in [4.78, 5) is 12.2. The molecule has 2 saturated carbocycles. The maximum Gasteiger partial charge on any atom is 0.426 e. The molecule has 0 spiro atoms. The molecule has 27 heavy (non-hydrogen) atoms. The van der Waals surface area contributed by atoms with E-state index in [0.29, 0.717) is 19.3 Å². The average molecular weight is 404 g/mol. The van der Waals surface area contributed by atoms with Crippen LogP contribution in [0.15, 0.2) is 0 Å². The third kappa shape index (κ3) is 4.38. The molecule has 3 nitrogen and oxygen atoms in total. The Kier molecular flexibility index (Phi) is 5.88. The van der Waals surface area contributed by atoms with Gasteiger partial charge in [-0.3, -0.25) is 4.79 Å². The van der Waals surface area contributed by atoms with Crippen LogP contribution in [0.25, 0.3) is 0 Å². The first-order valence-corrected chi connectivity index (χ1v) is 9.17. The summed E-state index contributed by atoms with van der Waals surface area (Å²) in [5.74, 6) is -1.84. The number of esters is 1. The molecule has 2 fully saturated rings. The molecule has 2 rings (SSSR count). The summed E-state index contributed by atoms with van der Waals surface area (Å²) in [5, 5.41) is 9.48. The third-order valence-electron chi connectivity index (χ3n) is 6.31. The first-order valence-electron chi connectivity index (χ1n) is 9.17. The van der Waals surface area contributed by atoms with Crippen LogP contribution in [0.5, 0.6) is 0 Å². The zero-order valence-corrected chi connectivity index (χ0v) is 15.6. The molecular weight excluding hydrogens is 378 g/mol. The second-order valence-electron chi connectivity index (χ2n) is 8.65. The molecule has 158 valence electrons. The van der Waals surface area contributed by atoms with E-state index < -0.39 is 53.7 Å². The van der Waals surface area contributed by atoms with Gasteiger partial charge >= 0.3 is 18.3 Å². The molecule has 0 saturated heterocycles. The van der Waals surface area contributed by atoms with Crippen molar-refractivity contribution in [2.45, 2.75) is 83.4 Å². The van der Waals surface area contributed by atoms with Gasteiger partial charge in [0.1, 0.15) is 6.10 Å². The number of halogens is 6. The molecule has 0 aliphatic heterocycles. The van der Waals surface area contributed by atoms with Gasteiger partial charge in [0.05, 0.1) is 5.41 Å². The Morgan fingerprint density at radius 3 is 2.04 bits per heavy atom. The highest BCUT2D eigenvalue weighted by Crippen LogP contribution is 2.54. The fraction of sp³-hybridized carbons (Fsp3) is 0.944. The number of carbonyl (C=O) groups excluding carboxylic acids is 1. The lowest BCUT2D eigenvalue weighted by molar-refractivity contribution is -0.373. The lowest BCUT2D eigenvalue weighted by Gasteiger charge is -2.36. The molecule has 2 bridgehead atoms. The van der Waals surface area contributed by atoms with Crippen molar-refractivity contribution in [2.75, 3.05) is 0 Å². The van der Waals surface area contributed by atoms with Crippen molar-refractivity contribution < 1.29 is 41.0 Å². The van der Waals surface area contributed by atoms with Gasteiger partial charge in [-0.15, -0.1) is 0 Å². The molecule has 0 aromatic rings. The molecule has 1 N–H and O–H groups in total. The lowest BCUT2D eigenvalue weighted by atomic mass is 9.80. The second-order valence-corrected chi connectivity index (χ2v) is 8.65. The topological polar surface area (TPSA) is 46.5 Å². The summed E-state index contributed by atoms with van der Waals surface area (Å²) in [7, 11) is 0. The van der Waals surface area contributed by atoms with Crippen LogP contribution in [0.4, 0.5) is 26.3 Å². The normalized spacial score (nSPS) is 29.7. The van der Waals surface area contributed by atoms with Gasteiger partial charge in [-0.2, -0.15) is 26.3 Å². The van der Waals surface area contributed by atoms with Gasteiger partial charge in [0.15, 0.2) is 0 Å². The number of alkyl halides is 6. The van der Waals surface area contributed by atoms with Gasteiger partial charge in [0.2, 0.25) is 0 Å². The molecule has 0 aromatic heterocycles. The molecule has 0 amide bonds. The minimum absolute atomic E-state index is 0.0954. The van der Waals surface area contributed by atoms with Crippen LogP contribution in [0.2, 0.25) is 0 Å².